The number of amides is 1. The van der Waals surface area contributed by atoms with Gasteiger partial charge in [0.1, 0.15) is 5.82 Å². The quantitative estimate of drug-likeness (QED) is 0.672. The lowest BCUT2D eigenvalue weighted by Gasteiger charge is -2.16. The van der Waals surface area contributed by atoms with Crippen molar-refractivity contribution in [2.45, 2.75) is 32.4 Å². The molecule has 1 amide bonds. The maximum atomic E-state index is 12.1. The summed E-state index contributed by atoms with van der Waals surface area (Å²) in [5.41, 5.74) is 6.54. The molecule has 1 aromatic carbocycles. The van der Waals surface area contributed by atoms with Crippen LogP contribution in [0.25, 0.3) is 0 Å². The molecule has 2 aromatic rings. The van der Waals surface area contributed by atoms with Crippen LogP contribution < -0.4 is 25.3 Å². The van der Waals surface area contributed by atoms with Gasteiger partial charge in [-0.3, -0.25) is 4.79 Å². The first-order valence-corrected chi connectivity index (χ1v) is 8.35. The third-order valence-electron chi connectivity index (χ3n) is 3.92. The molecule has 27 heavy (non-hydrogen) atoms. The van der Waals surface area contributed by atoms with Gasteiger partial charge in [-0.15, -0.1) is 12.4 Å². The summed E-state index contributed by atoms with van der Waals surface area (Å²) in [5, 5.41) is 7.15. The SMILES string of the molecule is COc1ccc(Cn2nccc2NC(=O)CCC(C)N)c(OC)c1OC.Cl. The first kappa shape index (κ1) is 22.6. The number of aromatic nitrogens is 2. The minimum Gasteiger partial charge on any atom is -0.493 e. The predicted molar refractivity (Wildman–Crippen MR) is 106 cm³/mol. The smallest absolute Gasteiger partial charge is 0.225 e. The summed E-state index contributed by atoms with van der Waals surface area (Å²) < 4.78 is 17.9. The van der Waals surface area contributed by atoms with Crippen molar-refractivity contribution in [2.24, 2.45) is 5.73 Å². The van der Waals surface area contributed by atoms with Crippen molar-refractivity contribution < 1.29 is 19.0 Å². The lowest BCUT2D eigenvalue weighted by molar-refractivity contribution is -0.116. The van der Waals surface area contributed by atoms with E-state index in [-0.39, 0.29) is 24.4 Å². The number of halogens is 1. The topological polar surface area (TPSA) is 101 Å². The fraction of sp³-hybridized carbons (Fsp3) is 0.444. The Hall–Kier alpha value is -2.45. The summed E-state index contributed by atoms with van der Waals surface area (Å²) in [7, 11) is 4.70. The van der Waals surface area contributed by atoms with Gasteiger partial charge in [-0.05, 0) is 25.5 Å². The van der Waals surface area contributed by atoms with Crippen molar-refractivity contribution in [1.82, 2.24) is 9.78 Å². The molecule has 1 atom stereocenters. The van der Waals surface area contributed by atoms with Gasteiger partial charge in [-0.1, -0.05) is 0 Å². The van der Waals surface area contributed by atoms with E-state index >= 15 is 0 Å². The van der Waals surface area contributed by atoms with E-state index in [4.69, 9.17) is 19.9 Å². The average molecular weight is 399 g/mol. The van der Waals surface area contributed by atoms with Crippen LogP contribution in [0, 0.1) is 0 Å². The number of carbonyl (C=O) groups excluding carboxylic acids is 1. The maximum Gasteiger partial charge on any atom is 0.225 e. The minimum atomic E-state index is -0.0941. The van der Waals surface area contributed by atoms with Crippen molar-refractivity contribution in [3.8, 4) is 17.2 Å². The number of rotatable bonds is 9. The highest BCUT2D eigenvalue weighted by molar-refractivity contribution is 5.89. The average Bonchev–Trinajstić information content (AvgIpc) is 3.05. The van der Waals surface area contributed by atoms with Gasteiger partial charge in [0, 0.05) is 24.1 Å². The highest BCUT2D eigenvalue weighted by Crippen LogP contribution is 2.40. The summed E-state index contributed by atoms with van der Waals surface area (Å²) in [4.78, 5) is 12.1. The second kappa shape index (κ2) is 10.6. The van der Waals surface area contributed by atoms with Crippen LogP contribution in [0.4, 0.5) is 5.82 Å². The molecule has 1 unspecified atom stereocenters. The van der Waals surface area contributed by atoms with Gasteiger partial charge >= 0.3 is 0 Å². The standard InChI is InChI=1S/C18H26N4O4.ClH/c1-12(19)5-8-16(23)21-15-9-10-20-22(15)11-13-6-7-14(24-2)18(26-4)17(13)25-3;/h6-7,9-10,12H,5,8,11,19H2,1-4H3,(H,21,23);1H. The molecule has 0 saturated carbocycles. The zero-order valence-corrected chi connectivity index (χ0v) is 16.8. The van der Waals surface area contributed by atoms with E-state index in [0.717, 1.165) is 5.56 Å². The van der Waals surface area contributed by atoms with Gasteiger partial charge in [-0.25, -0.2) is 4.68 Å². The number of anilines is 1. The van der Waals surface area contributed by atoms with Crippen LogP contribution in [0.15, 0.2) is 24.4 Å². The fourth-order valence-electron chi connectivity index (χ4n) is 2.58. The Kier molecular flexibility index (Phi) is 8.90. The molecule has 9 heteroatoms. The molecule has 0 radical (unpaired) electrons. The number of benzene rings is 1. The largest absolute Gasteiger partial charge is 0.493 e. The molecule has 0 bridgehead atoms. The maximum absolute atomic E-state index is 12.1. The molecular weight excluding hydrogens is 372 g/mol. The molecule has 0 saturated heterocycles. The normalized spacial score (nSPS) is 11.3. The second-order valence-electron chi connectivity index (χ2n) is 5.93. The summed E-state index contributed by atoms with van der Waals surface area (Å²) in [6.07, 6.45) is 2.63. The first-order valence-electron chi connectivity index (χ1n) is 8.35. The summed E-state index contributed by atoms with van der Waals surface area (Å²) in [6.45, 7) is 2.28. The molecule has 0 spiro atoms. The van der Waals surface area contributed by atoms with Crippen LogP contribution in [-0.4, -0.2) is 43.1 Å². The molecular formula is C18H27ClN4O4. The molecule has 2 rings (SSSR count). The molecule has 0 aliphatic rings. The van der Waals surface area contributed by atoms with Crippen molar-refractivity contribution in [3.63, 3.8) is 0 Å². The molecule has 8 nitrogen and oxygen atoms in total. The number of hydrogen-bond acceptors (Lipinski definition) is 6. The van der Waals surface area contributed by atoms with Crippen LogP contribution >= 0.6 is 12.4 Å². The van der Waals surface area contributed by atoms with Crippen LogP contribution in [0.3, 0.4) is 0 Å². The number of hydrogen-bond donors (Lipinski definition) is 2. The van der Waals surface area contributed by atoms with E-state index in [2.05, 4.69) is 10.4 Å². The van der Waals surface area contributed by atoms with Crippen LogP contribution in [0.1, 0.15) is 25.3 Å². The Morgan fingerprint density at radius 3 is 2.48 bits per heavy atom. The van der Waals surface area contributed by atoms with Gasteiger partial charge in [0.05, 0.1) is 34.1 Å². The van der Waals surface area contributed by atoms with Gasteiger partial charge in [-0.2, -0.15) is 5.10 Å². The highest BCUT2D eigenvalue weighted by atomic mass is 35.5. The van der Waals surface area contributed by atoms with E-state index in [0.29, 0.717) is 42.5 Å². The minimum absolute atomic E-state index is 0. The third kappa shape index (κ3) is 5.77. The summed E-state index contributed by atoms with van der Waals surface area (Å²) in [6, 6.07) is 5.42. The van der Waals surface area contributed by atoms with Crippen molar-refractivity contribution in [3.05, 3.63) is 30.0 Å². The van der Waals surface area contributed by atoms with Gasteiger partial charge < -0.3 is 25.3 Å². The fourth-order valence-corrected chi connectivity index (χ4v) is 2.58. The van der Waals surface area contributed by atoms with Gasteiger partial charge in [0.15, 0.2) is 11.5 Å². The van der Waals surface area contributed by atoms with Gasteiger partial charge in [0.25, 0.3) is 0 Å². The van der Waals surface area contributed by atoms with E-state index in [9.17, 15) is 4.79 Å². The molecule has 0 aliphatic heterocycles. The Morgan fingerprint density at radius 2 is 1.89 bits per heavy atom. The molecule has 3 N–H and O–H groups in total. The monoisotopic (exact) mass is 398 g/mol. The second-order valence-corrected chi connectivity index (χ2v) is 5.93. The Labute approximate surface area is 165 Å². The van der Waals surface area contributed by atoms with Crippen LogP contribution in [-0.2, 0) is 11.3 Å². The Bertz CT molecular complexity index is 749. The number of nitrogens with zero attached hydrogens (tertiary/aromatic N) is 2. The van der Waals surface area contributed by atoms with E-state index in [1.54, 1.807) is 44.3 Å². The van der Waals surface area contributed by atoms with E-state index in [1.165, 1.54) is 0 Å². The Balaban J connectivity index is 0.00000364. The molecule has 1 aromatic heterocycles. The zero-order chi connectivity index (χ0) is 19.1. The van der Waals surface area contributed by atoms with Crippen LogP contribution in [0.5, 0.6) is 17.2 Å². The third-order valence-corrected chi connectivity index (χ3v) is 3.92. The lowest BCUT2D eigenvalue weighted by Crippen LogP contribution is -2.21. The molecule has 150 valence electrons. The number of carbonyl (C=O) groups is 1. The number of ether oxygens (including phenoxy) is 3. The number of nitrogens with two attached hydrogens (primary N) is 1. The van der Waals surface area contributed by atoms with E-state index < -0.39 is 0 Å². The first-order chi connectivity index (χ1) is 12.5. The molecule has 1 heterocycles. The van der Waals surface area contributed by atoms with E-state index in [1.807, 2.05) is 13.0 Å². The lowest BCUT2D eigenvalue weighted by atomic mass is 10.1. The number of nitrogens with one attached hydrogen (secondary N) is 1. The highest BCUT2D eigenvalue weighted by Gasteiger charge is 2.17. The summed E-state index contributed by atoms with van der Waals surface area (Å²) in [5.74, 6) is 2.18. The van der Waals surface area contributed by atoms with Crippen molar-refractivity contribution in [1.29, 1.82) is 0 Å². The van der Waals surface area contributed by atoms with Gasteiger partial charge in [0.2, 0.25) is 11.7 Å². The van der Waals surface area contributed by atoms with Crippen molar-refractivity contribution >= 4 is 24.1 Å². The predicted octanol–water partition coefficient (Wildman–Crippen LogP) is 2.44. The molecule has 0 fully saturated rings. The molecule has 0 aliphatic carbocycles. The zero-order valence-electron chi connectivity index (χ0n) is 16.0. The Morgan fingerprint density at radius 1 is 1.19 bits per heavy atom. The van der Waals surface area contributed by atoms with Crippen molar-refractivity contribution in [2.75, 3.05) is 26.6 Å². The summed E-state index contributed by atoms with van der Waals surface area (Å²) >= 11 is 0. The number of methoxy groups -OCH3 is 3. The van der Waals surface area contributed by atoms with Crippen LogP contribution in [0.2, 0.25) is 0 Å².